The van der Waals surface area contributed by atoms with Crippen LogP contribution in [0.4, 0.5) is 5.69 Å². The van der Waals surface area contributed by atoms with Gasteiger partial charge in [-0.25, -0.2) is 0 Å². The van der Waals surface area contributed by atoms with Crippen molar-refractivity contribution in [1.29, 1.82) is 0 Å². The molecule has 0 atom stereocenters. The van der Waals surface area contributed by atoms with Crippen molar-refractivity contribution in [2.75, 3.05) is 11.1 Å². The SMILES string of the molecule is Cc1ccc(NCc2nnc(SCC(=O)OC3CCCCC3)n2Cc2ccccc2)cc1Cl. The Morgan fingerprint density at radius 3 is 2.70 bits per heavy atom. The number of esters is 1. The summed E-state index contributed by atoms with van der Waals surface area (Å²) in [4.78, 5) is 12.4. The molecule has 1 heterocycles. The molecule has 1 aromatic heterocycles. The number of rotatable bonds is 9. The maximum Gasteiger partial charge on any atom is 0.316 e. The largest absolute Gasteiger partial charge is 0.462 e. The second-order valence-electron chi connectivity index (χ2n) is 8.33. The van der Waals surface area contributed by atoms with E-state index in [1.165, 1.54) is 18.2 Å². The van der Waals surface area contributed by atoms with Gasteiger partial charge >= 0.3 is 5.97 Å². The molecule has 1 aliphatic rings. The number of anilines is 1. The summed E-state index contributed by atoms with van der Waals surface area (Å²) in [6, 6.07) is 16.1. The minimum absolute atomic E-state index is 0.0649. The van der Waals surface area contributed by atoms with Gasteiger partial charge in [0.2, 0.25) is 0 Å². The van der Waals surface area contributed by atoms with Gasteiger partial charge in [-0.2, -0.15) is 0 Å². The molecule has 8 heteroatoms. The number of ether oxygens (including phenoxy) is 1. The predicted molar refractivity (Wildman–Crippen MR) is 133 cm³/mol. The smallest absolute Gasteiger partial charge is 0.316 e. The Balaban J connectivity index is 1.44. The number of thioether (sulfide) groups is 1. The molecular weight excluding hydrogens is 456 g/mol. The number of nitrogens with one attached hydrogen (secondary N) is 1. The molecule has 3 aromatic rings. The number of aromatic nitrogens is 3. The molecule has 4 rings (SSSR count). The third-order valence-electron chi connectivity index (χ3n) is 5.77. The van der Waals surface area contributed by atoms with Gasteiger partial charge in [0.05, 0.1) is 18.8 Å². The Morgan fingerprint density at radius 1 is 1.15 bits per heavy atom. The van der Waals surface area contributed by atoms with Crippen LogP contribution in [0.25, 0.3) is 0 Å². The fourth-order valence-corrected chi connectivity index (χ4v) is 4.81. The summed E-state index contributed by atoms with van der Waals surface area (Å²) in [5.74, 6) is 0.832. The van der Waals surface area contributed by atoms with Crippen molar-refractivity contribution in [3.63, 3.8) is 0 Å². The van der Waals surface area contributed by atoms with Crippen molar-refractivity contribution in [3.05, 3.63) is 70.5 Å². The molecule has 174 valence electrons. The fraction of sp³-hybridized carbons (Fsp3) is 0.400. The molecule has 0 spiro atoms. The summed E-state index contributed by atoms with van der Waals surface area (Å²) in [7, 11) is 0. The molecular formula is C25H29ClN4O2S. The molecule has 0 amide bonds. The van der Waals surface area contributed by atoms with Gasteiger partial charge in [-0.1, -0.05) is 66.2 Å². The molecule has 0 saturated heterocycles. The van der Waals surface area contributed by atoms with Crippen LogP contribution in [0.2, 0.25) is 5.02 Å². The van der Waals surface area contributed by atoms with Crippen molar-refractivity contribution in [2.24, 2.45) is 0 Å². The lowest BCUT2D eigenvalue weighted by Gasteiger charge is -2.21. The Labute approximate surface area is 204 Å². The van der Waals surface area contributed by atoms with Crippen molar-refractivity contribution in [2.45, 2.75) is 63.4 Å². The zero-order chi connectivity index (χ0) is 23.0. The van der Waals surface area contributed by atoms with Gasteiger partial charge in [-0.3, -0.25) is 4.79 Å². The number of hydrogen-bond acceptors (Lipinski definition) is 6. The molecule has 0 unspecified atom stereocenters. The van der Waals surface area contributed by atoms with E-state index in [4.69, 9.17) is 16.3 Å². The number of nitrogens with zero attached hydrogens (tertiary/aromatic N) is 3. The van der Waals surface area contributed by atoms with Gasteiger partial charge < -0.3 is 14.6 Å². The van der Waals surface area contributed by atoms with Crippen LogP contribution >= 0.6 is 23.4 Å². The first-order chi connectivity index (χ1) is 16.1. The van der Waals surface area contributed by atoms with E-state index in [1.54, 1.807) is 0 Å². The lowest BCUT2D eigenvalue weighted by molar-refractivity contribution is -0.147. The maximum absolute atomic E-state index is 12.4. The highest BCUT2D eigenvalue weighted by Crippen LogP contribution is 2.24. The number of halogens is 1. The van der Waals surface area contributed by atoms with Crippen molar-refractivity contribution in [1.82, 2.24) is 14.8 Å². The summed E-state index contributed by atoms with van der Waals surface area (Å²) in [5.41, 5.74) is 3.10. The van der Waals surface area contributed by atoms with E-state index in [2.05, 4.69) is 32.2 Å². The van der Waals surface area contributed by atoms with Crippen LogP contribution in [0.3, 0.4) is 0 Å². The number of benzene rings is 2. The fourth-order valence-electron chi connectivity index (χ4n) is 3.89. The number of carbonyl (C=O) groups excluding carboxylic acids is 1. The molecule has 2 aromatic carbocycles. The van der Waals surface area contributed by atoms with Gasteiger partial charge in [0, 0.05) is 10.7 Å². The second kappa shape index (κ2) is 11.6. The van der Waals surface area contributed by atoms with Gasteiger partial charge in [0.25, 0.3) is 0 Å². The Bertz CT molecular complexity index is 1070. The minimum Gasteiger partial charge on any atom is -0.462 e. The van der Waals surface area contributed by atoms with Crippen LogP contribution in [-0.4, -0.2) is 32.6 Å². The molecule has 0 aliphatic heterocycles. The van der Waals surface area contributed by atoms with Crippen molar-refractivity contribution < 1.29 is 9.53 Å². The zero-order valence-electron chi connectivity index (χ0n) is 18.8. The molecule has 1 aliphatic carbocycles. The summed E-state index contributed by atoms with van der Waals surface area (Å²) in [5, 5.41) is 13.6. The minimum atomic E-state index is -0.185. The van der Waals surface area contributed by atoms with Gasteiger partial charge in [-0.15, -0.1) is 10.2 Å². The Morgan fingerprint density at radius 2 is 1.94 bits per heavy atom. The van der Waals surface area contributed by atoms with Gasteiger partial charge in [-0.05, 0) is 55.9 Å². The second-order valence-corrected chi connectivity index (χ2v) is 9.68. The highest BCUT2D eigenvalue weighted by atomic mass is 35.5. The lowest BCUT2D eigenvalue weighted by atomic mass is 9.98. The first-order valence-corrected chi connectivity index (χ1v) is 12.7. The van der Waals surface area contributed by atoms with E-state index in [1.807, 2.05) is 43.3 Å². The Hall–Kier alpha value is -2.51. The average Bonchev–Trinajstić information content (AvgIpc) is 3.21. The highest BCUT2D eigenvalue weighted by molar-refractivity contribution is 7.99. The summed E-state index contributed by atoms with van der Waals surface area (Å²) < 4.78 is 7.71. The monoisotopic (exact) mass is 484 g/mol. The van der Waals surface area contributed by atoms with E-state index < -0.39 is 0 Å². The Kier molecular flexibility index (Phi) is 8.29. The molecule has 1 fully saturated rings. The van der Waals surface area contributed by atoms with E-state index in [9.17, 15) is 4.79 Å². The predicted octanol–water partition coefficient (Wildman–Crippen LogP) is 5.87. The standard InChI is InChI=1S/C25H29ClN4O2S/c1-18-12-13-20(14-22(18)26)27-15-23-28-29-25(30(23)16-19-8-4-2-5-9-19)33-17-24(31)32-21-10-6-3-7-11-21/h2,4-5,8-9,12-14,21,27H,3,6-7,10-11,15-17H2,1H3. The third-order valence-corrected chi connectivity index (χ3v) is 7.12. The van der Waals surface area contributed by atoms with Crippen molar-refractivity contribution in [3.8, 4) is 0 Å². The number of hydrogen-bond donors (Lipinski definition) is 1. The molecule has 1 N–H and O–H groups in total. The van der Waals surface area contributed by atoms with Crippen LogP contribution in [0.5, 0.6) is 0 Å². The summed E-state index contributed by atoms with van der Waals surface area (Å²) >= 11 is 7.63. The van der Waals surface area contributed by atoms with Crippen LogP contribution in [0, 0.1) is 6.92 Å². The van der Waals surface area contributed by atoms with E-state index in [0.29, 0.717) is 18.2 Å². The highest BCUT2D eigenvalue weighted by Gasteiger charge is 2.20. The first kappa shape index (κ1) is 23.6. The van der Waals surface area contributed by atoms with Crippen LogP contribution in [0.1, 0.15) is 49.1 Å². The molecule has 0 radical (unpaired) electrons. The first-order valence-electron chi connectivity index (χ1n) is 11.4. The molecule has 6 nitrogen and oxygen atoms in total. The van der Waals surface area contributed by atoms with E-state index in [-0.39, 0.29) is 17.8 Å². The molecule has 1 saturated carbocycles. The topological polar surface area (TPSA) is 69.0 Å². The zero-order valence-corrected chi connectivity index (χ0v) is 20.4. The summed E-state index contributed by atoms with van der Waals surface area (Å²) in [6.07, 6.45) is 5.52. The number of aryl methyl sites for hydroxylation is 1. The summed E-state index contributed by atoms with van der Waals surface area (Å²) in [6.45, 7) is 3.09. The van der Waals surface area contributed by atoms with E-state index in [0.717, 1.165) is 53.3 Å². The lowest BCUT2D eigenvalue weighted by Crippen LogP contribution is -2.22. The van der Waals surface area contributed by atoms with Gasteiger partial charge in [0.1, 0.15) is 6.10 Å². The van der Waals surface area contributed by atoms with E-state index >= 15 is 0 Å². The normalized spacial score (nSPS) is 14.2. The van der Waals surface area contributed by atoms with Crippen LogP contribution < -0.4 is 5.32 Å². The average molecular weight is 485 g/mol. The van der Waals surface area contributed by atoms with Gasteiger partial charge in [0.15, 0.2) is 11.0 Å². The molecule has 33 heavy (non-hydrogen) atoms. The quantitative estimate of drug-likeness (QED) is 0.302. The maximum atomic E-state index is 12.4. The molecule has 0 bridgehead atoms. The van der Waals surface area contributed by atoms with Crippen LogP contribution in [-0.2, 0) is 22.6 Å². The van der Waals surface area contributed by atoms with Crippen LogP contribution in [0.15, 0.2) is 53.7 Å². The number of carbonyl (C=O) groups is 1. The van der Waals surface area contributed by atoms with Crippen molar-refractivity contribution >= 4 is 35.0 Å². The third kappa shape index (κ3) is 6.74.